The zero-order valence-electron chi connectivity index (χ0n) is 12.5. The molecule has 3 unspecified atom stereocenters. The molecule has 0 radical (unpaired) electrons. The van der Waals surface area contributed by atoms with Gasteiger partial charge >= 0.3 is 6.03 Å². The Balaban J connectivity index is 2.33. The molecule has 19 heavy (non-hydrogen) atoms. The molecule has 1 heterocycles. The Kier molecular flexibility index (Phi) is 6.07. The minimum absolute atomic E-state index is 0.0503. The maximum atomic E-state index is 11.8. The molecule has 1 aliphatic rings. The van der Waals surface area contributed by atoms with Gasteiger partial charge in [0.2, 0.25) is 0 Å². The summed E-state index contributed by atoms with van der Waals surface area (Å²) in [5.74, 6) is 0. The van der Waals surface area contributed by atoms with Gasteiger partial charge in [-0.25, -0.2) is 4.79 Å². The van der Waals surface area contributed by atoms with Crippen molar-refractivity contribution in [3.8, 4) is 0 Å². The number of rotatable bonds is 5. The largest absolute Gasteiger partial charge is 0.391 e. The summed E-state index contributed by atoms with van der Waals surface area (Å²) in [6.45, 7) is 8.91. The van der Waals surface area contributed by atoms with Crippen LogP contribution >= 0.6 is 0 Å². The van der Waals surface area contributed by atoms with Gasteiger partial charge in [-0.2, -0.15) is 0 Å². The fourth-order valence-corrected chi connectivity index (χ4v) is 2.09. The van der Waals surface area contributed by atoms with E-state index in [1.165, 1.54) is 0 Å². The predicted molar refractivity (Wildman–Crippen MR) is 75.0 cm³/mol. The summed E-state index contributed by atoms with van der Waals surface area (Å²) in [6, 6.07) is -0.181. The fourth-order valence-electron chi connectivity index (χ4n) is 2.09. The number of aliphatic hydroxyl groups is 1. The summed E-state index contributed by atoms with van der Waals surface area (Å²) in [6.07, 6.45) is 2.49. The smallest absolute Gasteiger partial charge is 0.315 e. The molecular formula is C14H28N2O3. The molecule has 0 saturated carbocycles. The Bertz CT molecular complexity index is 283. The first-order chi connectivity index (χ1) is 8.84. The van der Waals surface area contributed by atoms with Crippen LogP contribution in [0, 0.1) is 5.41 Å². The Labute approximate surface area is 116 Å². The molecule has 5 heteroatoms. The van der Waals surface area contributed by atoms with Gasteiger partial charge in [-0.15, -0.1) is 0 Å². The molecule has 0 aromatic carbocycles. The lowest BCUT2D eigenvalue weighted by Gasteiger charge is -2.27. The van der Waals surface area contributed by atoms with E-state index in [2.05, 4.69) is 10.6 Å². The van der Waals surface area contributed by atoms with Gasteiger partial charge in [0.25, 0.3) is 0 Å². The second-order valence-electron chi connectivity index (χ2n) is 6.30. The highest BCUT2D eigenvalue weighted by Crippen LogP contribution is 2.19. The van der Waals surface area contributed by atoms with Gasteiger partial charge in [0.05, 0.1) is 18.2 Å². The van der Waals surface area contributed by atoms with E-state index in [4.69, 9.17) is 4.74 Å². The summed E-state index contributed by atoms with van der Waals surface area (Å²) in [5, 5.41) is 15.5. The standard InChI is InChI=1S/C14H28N2O3/c1-5-10(11-7-6-8-19-11)16-13(18)15-9-12(17)14(2,3)4/h10-12,17H,5-9H2,1-4H3,(H2,15,16,18). The van der Waals surface area contributed by atoms with Crippen LogP contribution in [0.1, 0.15) is 47.0 Å². The molecule has 0 spiro atoms. The number of ether oxygens (including phenoxy) is 1. The Morgan fingerprint density at radius 3 is 2.63 bits per heavy atom. The van der Waals surface area contributed by atoms with Crippen molar-refractivity contribution in [1.82, 2.24) is 10.6 Å². The summed E-state index contributed by atoms with van der Waals surface area (Å²) in [5.41, 5.74) is -0.230. The van der Waals surface area contributed by atoms with Crippen molar-refractivity contribution in [2.45, 2.75) is 65.2 Å². The van der Waals surface area contributed by atoms with Gasteiger partial charge in [-0.05, 0) is 24.7 Å². The van der Waals surface area contributed by atoms with Crippen LogP contribution in [-0.2, 0) is 4.74 Å². The predicted octanol–water partition coefficient (Wildman–Crippen LogP) is 1.65. The lowest BCUT2D eigenvalue weighted by atomic mass is 9.89. The molecule has 3 atom stereocenters. The van der Waals surface area contributed by atoms with E-state index < -0.39 is 6.10 Å². The molecular weight excluding hydrogens is 244 g/mol. The van der Waals surface area contributed by atoms with Crippen molar-refractivity contribution in [2.24, 2.45) is 5.41 Å². The van der Waals surface area contributed by atoms with Crippen molar-refractivity contribution < 1.29 is 14.6 Å². The van der Waals surface area contributed by atoms with Gasteiger partial charge in [0.15, 0.2) is 0 Å². The number of aliphatic hydroxyl groups excluding tert-OH is 1. The van der Waals surface area contributed by atoms with E-state index in [1.54, 1.807) is 0 Å². The van der Waals surface area contributed by atoms with E-state index in [9.17, 15) is 9.90 Å². The number of hydrogen-bond donors (Lipinski definition) is 3. The Hall–Kier alpha value is -0.810. The quantitative estimate of drug-likeness (QED) is 0.712. The molecule has 0 aliphatic carbocycles. The second-order valence-corrected chi connectivity index (χ2v) is 6.30. The molecule has 0 bridgehead atoms. The number of amides is 2. The van der Waals surface area contributed by atoms with Crippen LogP contribution in [0.2, 0.25) is 0 Å². The number of nitrogens with one attached hydrogen (secondary N) is 2. The zero-order chi connectivity index (χ0) is 14.5. The zero-order valence-corrected chi connectivity index (χ0v) is 12.5. The van der Waals surface area contributed by atoms with E-state index in [0.717, 1.165) is 25.9 Å². The first kappa shape index (κ1) is 16.2. The number of carbonyl (C=O) groups excluding carboxylic acids is 1. The average Bonchev–Trinajstić information content (AvgIpc) is 2.85. The minimum Gasteiger partial charge on any atom is -0.391 e. The SMILES string of the molecule is CCC(NC(=O)NCC(O)C(C)(C)C)C1CCCO1. The van der Waals surface area contributed by atoms with Crippen molar-refractivity contribution in [3.05, 3.63) is 0 Å². The lowest BCUT2D eigenvalue weighted by Crippen LogP contribution is -2.49. The normalized spacial score (nSPS) is 22.9. The molecule has 1 rings (SSSR count). The molecule has 1 aliphatic heterocycles. The van der Waals surface area contributed by atoms with Crippen LogP contribution in [-0.4, -0.2) is 42.5 Å². The summed E-state index contributed by atoms with van der Waals surface area (Å²) >= 11 is 0. The molecule has 1 fully saturated rings. The molecule has 112 valence electrons. The third-order valence-corrected chi connectivity index (χ3v) is 3.63. The highest BCUT2D eigenvalue weighted by molar-refractivity contribution is 5.74. The van der Waals surface area contributed by atoms with E-state index >= 15 is 0 Å². The summed E-state index contributed by atoms with van der Waals surface area (Å²) in [4.78, 5) is 11.8. The lowest BCUT2D eigenvalue weighted by molar-refractivity contribution is 0.0630. The Morgan fingerprint density at radius 2 is 2.16 bits per heavy atom. The van der Waals surface area contributed by atoms with Crippen molar-refractivity contribution in [2.75, 3.05) is 13.2 Å². The van der Waals surface area contributed by atoms with Gasteiger partial charge in [-0.3, -0.25) is 0 Å². The molecule has 3 N–H and O–H groups in total. The highest BCUT2D eigenvalue weighted by atomic mass is 16.5. The number of urea groups is 1. The van der Waals surface area contributed by atoms with Gasteiger partial charge in [0.1, 0.15) is 0 Å². The van der Waals surface area contributed by atoms with E-state index in [-0.39, 0.29) is 30.1 Å². The van der Waals surface area contributed by atoms with Crippen molar-refractivity contribution in [1.29, 1.82) is 0 Å². The topological polar surface area (TPSA) is 70.6 Å². The first-order valence-corrected chi connectivity index (χ1v) is 7.18. The van der Waals surface area contributed by atoms with Gasteiger partial charge in [-0.1, -0.05) is 27.7 Å². The summed E-state index contributed by atoms with van der Waals surface area (Å²) in [7, 11) is 0. The maximum Gasteiger partial charge on any atom is 0.315 e. The van der Waals surface area contributed by atoms with Crippen LogP contribution in [0.15, 0.2) is 0 Å². The molecule has 5 nitrogen and oxygen atoms in total. The van der Waals surface area contributed by atoms with E-state index in [1.807, 2.05) is 27.7 Å². The Morgan fingerprint density at radius 1 is 1.47 bits per heavy atom. The maximum absolute atomic E-state index is 11.8. The third kappa shape index (κ3) is 5.37. The van der Waals surface area contributed by atoms with Crippen LogP contribution in [0.25, 0.3) is 0 Å². The van der Waals surface area contributed by atoms with Crippen LogP contribution < -0.4 is 10.6 Å². The number of carbonyl (C=O) groups is 1. The monoisotopic (exact) mass is 272 g/mol. The fraction of sp³-hybridized carbons (Fsp3) is 0.929. The second kappa shape index (κ2) is 7.10. The molecule has 2 amide bonds. The first-order valence-electron chi connectivity index (χ1n) is 7.18. The molecule has 0 aromatic heterocycles. The number of hydrogen-bond acceptors (Lipinski definition) is 3. The van der Waals surface area contributed by atoms with Crippen LogP contribution in [0.3, 0.4) is 0 Å². The van der Waals surface area contributed by atoms with Gasteiger partial charge in [0, 0.05) is 13.2 Å². The van der Waals surface area contributed by atoms with Crippen molar-refractivity contribution in [3.63, 3.8) is 0 Å². The van der Waals surface area contributed by atoms with Crippen LogP contribution in [0.4, 0.5) is 4.79 Å². The van der Waals surface area contributed by atoms with Gasteiger partial charge < -0.3 is 20.5 Å². The van der Waals surface area contributed by atoms with Crippen LogP contribution in [0.5, 0.6) is 0 Å². The average molecular weight is 272 g/mol. The molecule has 0 aromatic rings. The summed E-state index contributed by atoms with van der Waals surface area (Å²) < 4.78 is 5.59. The highest BCUT2D eigenvalue weighted by Gasteiger charge is 2.27. The van der Waals surface area contributed by atoms with E-state index in [0.29, 0.717) is 0 Å². The molecule has 1 saturated heterocycles. The minimum atomic E-state index is -0.555. The third-order valence-electron chi connectivity index (χ3n) is 3.63. The van der Waals surface area contributed by atoms with Crippen molar-refractivity contribution >= 4 is 6.03 Å².